The number of carbonyl (C=O) groups is 3. The Morgan fingerprint density at radius 1 is 0.913 bits per heavy atom. The number of carboxylic acids is 1. The summed E-state index contributed by atoms with van der Waals surface area (Å²) in [4.78, 5) is 34.5. The van der Waals surface area contributed by atoms with Gasteiger partial charge in [-0.3, -0.25) is 9.59 Å². The molecule has 0 bridgehead atoms. The quantitative estimate of drug-likeness (QED) is 0.365. The molecule has 0 unspecified atom stereocenters. The van der Waals surface area contributed by atoms with Gasteiger partial charge in [-0.2, -0.15) is 0 Å². The van der Waals surface area contributed by atoms with Crippen LogP contribution in [-0.4, -0.2) is 57.9 Å². The van der Waals surface area contributed by atoms with Crippen LogP contribution in [0.3, 0.4) is 0 Å². The fraction of sp³-hybridized carbons (Fsp3) is 0.800. The van der Waals surface area contributed by atoms with Gasteiger partial charge in [-0.25, -0.2) is 4.79 Å². The molecule has 0 aromatic heterocycles. The van der Waals surface area contributed by atoms with Gasteiger partial charge in [0.1, 0.15) is 6.04 Å². The summed E-state index contributed by atoms with van der Waals surface area (Å²) >= 11 is 0. The zero-order chi connectivity index (χ0) is 18.2. The van der Waals surface area contributed by atoms with Crippen molar-refractivity contribution in [1.29, 1.82) is 0 Å². The van der Waals surface area contributed by atoms with E-state index in [0.29, 0.717) is 18.9 Å². The van der Waals surface area contributed by atoms with Gasteiger partial charge in [0, 0.05) is 6.54 Å². The van der Waals surface area contributed by atoms with Crippen molar-refractivity contribution in [2.24, 2.45) is 11.8 Å². The van der Waals surface area contributed by atoms with E-state index in [2.05, 4.69) is 10.6 Å². The van der Waals surface area contributed by atoms with Crippen molar-refractivity contribution in [2.75, 3.05) is 6.54 Å². The van der Waals surface area contributed by atoms with Gasteiger partial charge in [0.05, 0.1) is 0 Å². The zero-order valence-corrected chi connectivity index (χ0v) is 14.1. The lowest BCUT2D eigenvalue weighted by Gasteiger charge is -2.22. The predicted molar refractivity (Wildman–Crippen MR) is 83.5 cm³/mol. The molecular formula is C15H28N2O6. The van der Waals surface area contributed by atoms with E-state index in [4.69, 9.17) is 5.11 Å². The van der Waals surface area contributed by atoms with Crippen molar-refractivity contribution in [1.82, 2.24) is 10.6 Å². The fourth-order valence-corrected chi connectivity index (χ4v) is 1.85. The SMILES string of the molecule is CC(C)CCNC(=O)[C@H](CC(C)C)NC(=O)[C@@H](O)[C@H](O)C(=O)O. The van der Waals surface area contributed by atoms with Gasteiger partial charge >= 0.3 is 5.97 Å². The van der Waals surface area contributed by atoms with E-state index in [1.165, 1.54) is 0 Å². The third-order valence-corrected chi connectivity index (χ3v) is 3.18. The molecule has 0 rings (SSSR count). The summed E-state index contributed by atoms with van der Waals surface area (Å²) in [6.07, 6.45) is -3.26. The molecule has 0 aromatic carbocycles. The lowest BCUT2D eigenvalue weighted by atomic mass is 10.0. The molecule has 0 saturated heterocycles. The van der Waals surface area contributed by atoms with E-state index in [1.54, 1.807) is 0 Å². The van der Waals surface area contributed by atoms with Crippen molar-refractivity contribution < 1.29 is 29.7 Å². The molecule has 0 aliphatic carbocycles. The van der Waals surface area contributed by atoms with E-state index in [0.717, 1.165) is 6.42 Å². The summed E-state index contributed by atoms with van der Waals surface area (Å²) in [6.45, 7) is 8.22. The third-order valence-electron chi connectivity index (χ3n) is 3.18. The van der Waals surface area contributed by atoms with Crippen LogP contribution in [0.25, 0.3) is 0 Å². The Morgan fingerprint density at radius 3 is 1.91 bits per heavy atom. The predicted octanol–water partition coefficient (Wildman–Crippen LogP) is -0.514. The highest BCUT2D eigenvalue weighted by molar-refractivity contribution is 5.92. The second kappa shape index (κ2) is 10.2. The van der Waals surface area contributed by atoms with E-state index < -0.39 is 36.0 Å². The highest BCUT2D eigenvalue weighted by atomic mass is 16.4. The average molecular weight is 332 g/mol. The molecule has 0 fully saturated rings. The van der Waals surface area contributed by atoms with Crippen LogP contribution in [0.4, 0.5) is 0 Å². The molecule has 0 saturated carbocycles. The number of aliphatic hydroxyl groups is 2. The minimum atomic E-state index is -2.24. The second-order valence-corrected chi connectivity index (χ2v) is 6.39. The number of rotatable bonds is 10. The van der Waals surface area contributed by atoms with E-state index >= 15 is 0 Å². The Balaban J connectivity index is 4.74. The number of amides is 2. The summed E-state index contributed by atoms with van der Waals surface area (Å²) in [5, 5.41) is 32.3. The minimum Gasteiger partial charge on any atom is -0.479 e. The maximum atomic E-state index is 12.1. The van der Waals surface area contributed by atoms with Crippen molar-refractivity contribution >= 4 is 17.8 Å². The maximum absolute atomic E-state index is 12.1. The van der Waals surface area contributed by atoms with Gasteiger partial charge in [0.2, 0.25) is 5.91 Å². The Labute approximate surface area is 136 Å². The average Bonchev–Trinajstić information content (AvgIpc) is 2.43. The number of nitrogens with one attached hydrogen (secondary N) is 2. The molecule has 5 N–H and O–H groups in total. The zero-order valence-electron chi connectivity index (χ0n) is 14.1. The summed E-state index contributed by atoms with van der Waals surface area (Å²) in [6, 6.07) is -0.898. The Hall–Kier alpha value is -1.67. The van der Waals surface area contributed by atoms with Crippen LogP contribution in [0.1, 0.15) is 40.5 Å². The Morgan fingerprint density at radius 2 is 1.48 bits per heavy atom. The maximum Gasteiger partial charge on any atom is 0.335 e. The van der Waals surface area contributed by atoms with Crippen molar-refractivity contribution in [3.8, 4) is 0 Å². The van der Waals surface area contributed by atoms with E-state index in [-0.39, 0.29) is 5.92 Å². The van der Waals surface area contributed by atoms with Gasteiger partial charge in [-0.05, 0) is 24.7 Å². The van der Waals surface area contributed by atoms with Gasteiger partial charge in [-0.15, -0.1) is 0 Å². The molecule has 0 spiro atoms. The molecule has 0 radical (unpaired) electrons. The summed E-state index contributed by atoms with van der Waals surface area (Å²) in [5.74, 6) is -2.69. The number of carbonyl (C=O) groups excluding carboxylic acids is 2. The van der Waals surface area contributed by atoms with Crippen molar-refractivity contribution in [2.45, 2.75) is 58.8 Å². The highest BCUT2D eigenvalue weighted by Crippen LogP contribution is 2.07. The van der Waals surface area contributed by atoms with E-state index in [9.17, 15) is 24.6 Å². The molecule has 8 heteroatoms. The summed E-state index contributed by atoms with van der Waals surface area (Å²) < 4.78 is 0. The molecule has 23 heavy (non-hydrogen) atoms. The first-order valence-corrected chi connectivity index (χ1v) is 7.73. The largest absolute Gasteiger partial charge is 0.479 e. The first-order chi connectivity index (χ1) is 10.6. The van der Waals surface area contributed by atoms with Crippen LogP contribution < -0.4 is 10.6 Å². The van der Waals surface area contributed by atoms with Gasteiger partial charge in [0.15, 0.2) is 12.2 Å². The molecule has 0 aliphatic rings. The first kappa shape index (κ1) is 21.3. The topological polar surface area (TPSA) is 136 Å². The summed E-state index contributed by atoms with van der Waals surface area (Å²) in [7, 11) is 0. The Bertz CT molecular complexity index is 411. The van der Waals surface area contributed by atoms with Crippen LogP contribution in [0.2, 0.25) is 0 Å². The number of aliphatic hydroxyl groups excluding tert-OH is 2. The van der Waals surface area contributed by atoms with Gasteiger partial charge in [0.25, 0.3) is 5.91 Å². The molecule has 0 aromatic rings. The second-order valence-electron chi connectivity index (χ2n) is 6.39. The normalized spacial score (nSPS) is 15.1. The first-order valence-electron chi connectivity index (χ1n) is 7.73. The lowest BCUT2D eigenvalue weighted by Crippen LogP contribution is -2.53. The summed E-state index contributed by atoms with van der Waals surface area (Å²) in [5.41, 5.74) is 0. The van der Waals surface area contributed by atoms with Crippen LogP contribution >= 0.6 is 0 Å². The van der Waals surface area contributed by atoms with Crippen molar-refractivity contribution in [3.05, 3.63) is 0 Å². The number of hydrogen-bond donors (Lipinski definition) is 5. The van der Waals surface area contributed by atoms with Gasteiger partial charge in [-0.1, -0.05) is 27.7 Å². The molecule has 3 atom stereocenters. The van der Waals surface area contributed by atoms with Gasteiger partial charge < -0.3 is 26.0 Å². The number of carboxylic acid groups (broad SMARTS) is 1. The fourth-order valence-electron chi connectivity index (χ4n) is 1.85. The molecular weight excluding hydrogens is 304 g/mol. The third kappa shape index (κ3) is 8.51. The highest BCUT2D eigenvalue weighted by Gasteiger charge is 2.32. The van der Waals surface area contributed by atoms with E-state index in [1.807, 2.05) is 27.7 Å². The molecule has 8 nitrogen and oxygen atoms in total. The molecule has 0 heterocycles. The monoisotopic (exact) mass is 332 g/mol. The molecule has 2 amide bonds. The Kier molecular flexibility index (Phi) is 9.43. The minimum absolute atomic E-state index is 0.0951. The molecule has 134 valence electrons. The smallest absolute Gasteiger partial charge is 0.335 e. The van der Waals surface area contributed by atoms with Crippen LogP contribution in [0, 0.1) is 11.8 Å². The molecule has 0 aliphatic heterocycles. The van der Waals surface area contributed by atoms with Crippen LogP contribution in [-0.2, 0) is 14.4 Å². The number of hydrogen-bond acceptors (Lipinski definition) is 5. The standard InChI is InChI=1S/C15H28N2O6/c1-8(2)5-6-16-13(20)10(7-9(3)4)17-14(21)11(18)12(19)15(22)23/h8-12,18-19H,5-7H2,1-4H3,(H,16,20)(H,17,21)(H,22,23)/t10-,11-,12-/m0/s1. The van der Waals surface area contributed by atoms with Crippen LogP contribution in [0.15, 0.2) is 0 Å². The van der Waals surface area contributed by atoms with Crippen molar-refractivity contribution in [3.63, 3.8) is 0 Å². The number of aliphatic carboxylic acids is 1. The van der Waals surface area contributed by atoms with Crippen LogP contribution in [0.5, 0.6) is 0 Å². The lowest BCUT2D eigenvalue weighted by molar-refractivity contribution is -0.158.